The third-order valence-corrected chi connectivity index (χ3v) is 2.41. The molecule has 3 nitrogen and oxygen atoms in total. The lowest BCUT2D eigenvalue weighted by Gasteiger charge is -2.20. The van der Waals surface area contributed by atoms with Gasteiger partial charge in [0, 0.05) is 6.20 Å². The van der Waals surface area contributed by atoms with E-state index in [0.717, 1.165) is 11.3 Å². The van der Waals surface area contributed by atoms with Crippen LogP contribution in [0.15, 0.2) is 48.7 Å². The minimum absolute atomic E-state index is 0.355. The van der Waals surface area contributed by atoms with E-state index >= 15 is 0 Å². The summed E-state index contributed by atoms with van der Waals surface area (Å²) in [7, 11) is 0. The molecule has 0 fully saturated rings. The first-order chi connectivity index (χ1) is 9.47. The van der Waals surface area contributed by atoms with Crippen LogP contribution in [0.3, 0.4) is 0 Å². The van der Waals surface area contributed by atoms with Gasteiger partial charge in [0.1, 0.15) is 5.60 Å². The van der Waals surface area contributed by atoms with Gasteiger partial charge in [-0.05, 0) is 38.5 Å². The normalized spacial score (nSPS) is 10.4. The standard InChI is InChI=1S/C15H17NO2.C2H6/c1-15(2,3)18-14(17)16-11-7-10-13(16)12-8-5-4-6-9-12;1-2/h4-11H,1-3H3;1-2H3. The van der Waals surface area contributed by atoms with Crippen LogP contribution in [0.4, 0.5) is 4.79 Å². The van der Waals surface area contributed by atoms with Crippen LogP contribution < -0.4 is 0 Å². The second-order valence-corrected chi connectivity index (χ2v) is 5.11. The lowest BCUT2D eigenvalue weighted by Crippen LogP contribution is -2.27. The number of carbonyl (C=O) groups is 1. The third-order valence-electron chi connectivity index (χ3n) is 2.41. The smallest absolute Gasteiger partial charge is 0.418 e. The van der Waals surface area contributed by atoms with E-state index in [1.165, 1.54) is 4.57 Å². The zero-order chi connectivity index (χ0) is 15.2. The highest BCUT2D eigenvalue weighted by Crippen LogP contribution is 2.21. The van der Waals surface area contributed by atoms with E-state index in [9.17, 15) is 4.79 Å². The Morgan fingerprint density at radius 2 is 1.60 bits per heavy atom. The molecule has 20 heavy (non-hydrogen) atoms. The topological polar surface area (TPSA) is 31.2 Å². The summed E-state index contributed by atoms with van der Waals surface area (Å²) in [5, 5.41) is 0. The molecule has 0 atom stereocenters. The van der Waals surface area contributed by atoms with Crippen LogP contribution in [0.1, 0.15) is 34.6 Å². The second-order valence-electron chi connectivity index (χ2n) is 5.11. The molecule has 0 amide bonds. The summed E-state index contributed by atoms with van der Waals surface area (Å²) in [4.78, 5) is 12.1. The average molecular weight is 273 g/mol. The van der Waals surface area contributed by atoms with Crippen LogP contribution in [0, 0.1) is 0 Å². The summed E-state index contributed by atoms with van der Waals surface area (Å²) in [6.45, 7) is 9.57. The molecule has 1 aromatic heterocycles. The van der Waals surface area contributed by atoms with Gasteiger partial charge in [-0.2, -0.15) is 0 Å². The summed E-state index contributed by atoms with van der Waals surface area (Å²) in [6.07, 6.45) is 1.36. The third kappa shape index (κ3) is 4.26. The lowest BCUT2D eigenvalue weighted by molar-refractivity contribution is 0.0540. The number of carbonyl (C=O) groups excluding carboxylic acids is 1. The zero-order valence-corrected chi connectivity index (χ0v) is 12.9. The van der Waals surface area contributed by atoms with Crippen LogP contribution in [0.5, 0.6) is 0 Å². The van der Waals surface area contributed by atoms with E-state index in [-0.39, 0.29) is 6.09 Å². The molecule has 0 aliphatic carbocycles. The number of rotatable bonds is 1. The van der Waals surface area contributed by atoms with Crippen molar-refractivity contribution in [2.24, 2.45) is 0 Å². The number of benzene rings is 1. The van der Waals surface area contributed by atoms with Crippen molar-refractivity contribution in [3.63, 3.8) is 0 Å². The van der Waals surface area contributed by atoms with Crippen LogP contribution in [-0.4, -0.2) is 16.3 Å². The van der Waals surface area contributed by atoms with Crippen molar-refractivity contribution in [1.82, 2.24) is 4.57 Å². The highest BCUT2D eigenvalue weighted by molar-refractivity contribution is 5.78. The molecule has 1 aromatic carbocycles. The van der Waals surface area contributed by atoms with Crippen LogP contribution >= 0.6 is 0 Å². The van der Waals surface area contributed by atoms with Crippen molar-refractivity contribution >= 4 is 6.09 Å². The van der Waals surface area contributed by atoms with Crippen molar-refractivity contribution in [3.8, 4) is 11.3 Å². The summed E-state index contributed by atoms with van der Waals surface area (Å²) in [6, 6.07) is 13.5. The number of hydrogen-bond acceptors (Lipinski definition) is 2. The largest absolute Gasteiger partial charge is 0.443 e. The molecule has 0 spiro atoms. The minimum Gasteiger partial charge on any atom is -0.443 e. The zero-order valence-electron chi connectivity index (χ0n) is 12.9. The Labute approximate surface area is 121 Å². The van der Waals surface area contributed by atoms with Gasteiger partial charge in [0.15, 0.2) is 0 Å². The molecule has 0 aliphatic rings. The molecule has 0 radical (unpaired) electrons. The molecule has 0 N–H and O–H groups in total. The Balaban J connectivity index is 0.000000956. The van der Waals surface area contributed by atoms with Gasteiger partial charge in [-0.15, -0.1) is 0 Å². The van der Waals surface area contributed by atoms with Crippen molar-refractivity contribution in [2.45, 2.75) is 40.2 Å². The first-order valence-corrected chi connectivity index (χ1v) is 6.93. The average Bonchev–Trinajstić information content (AvgIpc) is 2.89. The second kappa shape index (κ2) is 6.94. The number of ether oxygens (including phenoxy) is 1. The quantitative estimate of drug-likeness (QED) is 0.735. The van der Waals surface area contributed by atoms with Gasteiger partial charge in [-0.1, -0.05) is 44.2 Å². The minimum atomic E-state index is -0.491. The summed E-state index contributed by atoms with van der Waals surface area (Å²) in [5.74, 6) is 0. The van der Waals surface area contributed by atoms with E-state index in [1.54, 1.807) is 6.20 Å². The fourth-order valence-corrected chi connectivity index (χ4v) is 1.70. The Hall–Kier alpha value is -2.03. The molecule has 0 unspecified atom stereocenters. The fraction of sp³-hybridized carbons (Fsp3) is 0.353. The van der Waals surface area contributed by atoms with Gasteiger partial charge in [0.2, 0.25) is 0 Å². The molecule has 2 aromatic rings. The molecular weight excluding hydrogens is 250 g/mol. The molecule has 0 bridgehead atoms. The molecule has 0 aliphatic heterocycles. The Kier molecular flexibility index (Phi) is 5.56. The molecule has 0 saturated heterocycles. The maximum absolute atomic E-state index is 12.1. The first-order valence-electron chi connectivity index (χ1n) is 6.93. The van der Waals surface area contributed by atoms with Gasteiger partial charge >= 0.3 is 6.09 Å². The maximum Gasteiger partial charge on any atom is 0.418 e. The van der Waals surface area contributed by atoms with Crippen molar-refractivity contribution < 1.29 is 9.53 Å². The summed E-state index contributed by atoms with van der Waals surface area (Å²) < 4.78 is 6.90. The van der Waals surface area contributed by atoms with E-state index in [0.29, 0.717) is 0 Å². The van der Waals surface area contributed by atoms with Gasteiger partial charge in [0.05, 0.1) is 5.69 Å². The Bertz CT molecular complexity index is 536. The highest BCUT2D eigenvalue weighted by atomic mass is 16.6. The summed E-state index contributed by atoms with van der Waals surface area (Å²) >= 11 is 0. The summed E-state index contributed by atoms with van der Waals surface area (Å²) in [5.41, 5.74) is 1.34. The van der Waals surface area contributed by atoms with Crippen LogP contribution in [-0.2, 0) is 4.74 Å². The van der Waals surface area contributed by atoms with Crippen molar-refractivity contribution in [3.05, 3.63) is 48.7 Å². The van der Waals surface area contributed by atoms with Gasteiger partial charge < -0.3 is 4.74 Å². The number of hydrogen-bond donors (Lipinski definition) is 0. The predicted octanol–water partition coefficient (Wildman–Crippen LogP) is 4.96. The molecule has 3 heteroatoms. The Morgan fingerprint density at radius 3 is 2.15 bits per heavy atom. The van der Waals surface area contributed by atoms with E-state index in [1.807, 2.05) is 77.1 Å². The molecule has 2 rings (SSSR count). The van der Waals surface area contributed by atoms with Crippen molar-refractivity contribution in [2.75, 3.05) is 0 Å². The van der Waals surface area contributed by atoms with Crippen molar-refractivity contribution in [1.29, 1.82) is 0 Å². The van der Waals surface area contributed by atoms with Gasteiger partial charge in [0.25, 0.3) is 0 Å². The van der Waals surface area contributed by atoms with E-state index in [2.05, 4.69) is 0 Å². The van der Waals surface area contributed by atoms with E-state index in [4.69, 9.17) is 4.74 Å². The monoisotopic (exact) mass is 273 g/mol. The molecule has 1 heterocycles. The fourth-order valence-electron chi connectivity index (χ4n) is 1.70. The molecule has 108 valence electrons. The lowest BCUT2D eigenvalue weighted by atomic mass is 10.1. The number of nitrogens with zero attached hydrogens (tertiary/aromatic N) is 1. The van der Waals surface area contributed by atoms with Gasteiger partial charge in [-0.3, -0.25) is 4.57 Å². The molecule has 0 saturated carbocycles. The van der Waals surface area contributed by atoms with E-state index < -0.39 is 5.60 Å². The maximum atomic E-state index is 12.1. The predicted molar refractivity (Wildman–Crippen MR) is 82.8 cm³/mol. The molecular formula is C17H23NO2. The Morgan fingerprint density at radius 1 is 1.00 bits per heavy atom. The highest BCUT2D eigenvalue weighted by Gasteiger charge is 2.19. The van der Waals surface area contributed by atoms with Crippen LogP contribution in [0.2, 0.25) is 0 Å². The number of aromatic nitrogens is 1. The van der Waals surface area contributed by atoms with Gasteiger partial charge in [-0.25, -0.2) is 4.79 Å². The first kappa shape index (κ1) is 16.0. The SMILES string of the molecule is CC.CC(C)(C)OC(=O)n1cccc1-c1ccccc1. The van der Waals surface area contributed by atoms with Crippen LogP contribution in [0.25, 0.3) is 11.3 Å².